The minimum absolute atomic E-state index is 0.897. The predicted octanol–water partition coefficient (Wildman–Crippen LogP) is 3.34. The van der Waals surface area contributed by atoms with Crippen molar-refractivity contribution in [3.05, 3.63) is 42.5 Å². The van der Waals surface area contributed by atoms with Gasteiger partial charge in [-0.2, -0.15) is 24.3 Å². The third kappa shape index (κ3) is 2.65. The van der Waals surface area contributed by atoms with Gasteiger partial charge in [0.15, 0.2) is 0 Å². The van der Waals surface area contributed by atoms with E-state index < -0.39 is 0 Å². The molecule has 2 rings (SSSR count). The summed E-state index contributed by atoms with van der Waals surface area (Å²) >= 11 is 2.41. The molecule has 0 bridgehead atoms. The van der Waals surface area contributed by atoms with Crippen LogP contribution < -0.4 is 4.74 Å². The van der Waals surface area contributed by atoms with E-state index in [2.05, 4.69) is 31.3 Å². The Morgan fingerprint density at radius 2 is 2.00 bits per heavy atom. The molecule has 0 spiro atoms. The van der Waals surface area contributed by atoms with E-state index in [1.54, 1.807) is 7.11 Å². The molecular weight excluding hydrogens is 239 g/mol. The van der Waals surface area contributed by atoms with Crippen molar-refractivity contribution in [1.29, 1.82) is 0 Å². The molecule has 0 fully saturated rings. The first kappa shape index (κ1) is 11.4. The Bertz CT molecular complexity index is 403. The summed E-state index contributed by atoms with van der Waals surface area (Å²) in [6.45, 7) is 0. The standard InChI is InChI=1S/C11H9O.ClH.Mn/c1-12-11-7-6-9-4-2-3-5-10(9)8-11;;/h3-8H,1H3;1H;/q-1;;+2/p-1. The van der Waals surface area contributed by atoms with Gasteiger partial charge in [-0.1, -0.05) is 0 Å². The Morgan fingerprint density at radius 1 is 1.21 bits per heavy atom. The van der Waals surface area contributed by atoms with Crippen LogP contribution in [0.3, 0.4) is 0 Å². The first-order chi connectivity index (χ1) is 6.90. The van der Waals surface area contributed by atoms with Gasteiger partial charge in [-0.3, -0.25) is 0 Å². The first-order valence-corrected chi connectivity index (χ1v) is 5.61. The van der Waals surface area contributed by atoms with Crippen LogP contribution in [0.1, 0.15) is 0 Å². The van der Waals surface area contributed by atoms with Gasteiger partial charge in [-0.25, -0.2) is 0 Å². The monoisotopic (exact) mass is 247 g/mol. The van der Waals surface area contributed by atoms with E-state index in [-0.39, 0.29) is 0 Å². The van der Waals surface area contributed by atoms with E-state index in [4.69, 9.17) is 4.74 Å². The van der Waals surface area contributed by atoms with Gasteiger partial charge in [0.1, 0.15) is 5.75 Å². The molecule has 0 N–H and O–H groups in total. The van der Waals surface area contributed by atoms with Crippen molar-refractivity contribution in [2.75, 3.05) is 7.11 Å². The summed E-state index contributed by atoms with van der Waals surface area (Å²) in [6.07, 6.45) is 0. The zero-order valence-electron chi connectivity index (χ0n) is 7.63. The molecule has 0 radical (unpaired) electrons. The second-order valence-corrected chi connectivity index (χ2v) is 2.64. The normalized spacial score (nSPS) is 9.00. The maximum absolute atomic E-state index is 5.11. The second-order valence-electron chi connectivity index (χ2n) is 2.64. The van der Waals surface area contributed by atoms with Crippen molar-refractivity contribution in [1.82, 2.24) is 0 Å². The third-order valence-electron chi connectivity index (χ3n) is 1.89. The summed E-state index contributed by atoms with van der Waals surface area (Å²) < 4.78 is 5.11. The molecule has 0 saturated carbocycles. The number of hydrogen-bond acceptors (Lipinski definition) is 1. The molecule has 0 atom stereocenters. The first-order valence-electron chi connectivity index (χ1n) is 3.98. The Kier molecular flexibility index (Phi) is 4.81. The minimum atomic E-state index is 0.897. The molecule has 3 heteroatoms. The van der Waals surface area contributed by atoms with Crippen LogP contribution in [0.4, 0.5) is 0 Å². The van der Waals surface area contributed by atoms with Crippen molar-refractivity contribution in [2.24, 2.45) is 0 Å². The van der Waals surface area contributed by atoms with Crippen LogP contribution in [0.5, 0.6) is 5.75 Å². The molecule has 0 amide bonds. The summed E-state index contributed by atoms with van der Waals surface area (Å²) in [5, 5.41) is 2.38. The van der Waals surface area contributed by atoms with Gasteiger partial charge < -0.3 is 4.74 Å². The summed E-state index contributed by atoms with van der Waals surface area (Å²) in [5.74, 6) is 0.897. The SMILES string of the molecule is COc1ccc2c[c-]ccc2c1.[Cl][Mn+]. The van der Waals surface area contributed by atoms with E-state index in [0.29, 0.717) is 0 Å². The van der Waals surface area contributed by atoms with Crippen LogP contribution in [0.25, 0.3) is 10.8 Å². The van der Waals surface area contributed by atoms with Crippen LogP contribution >= 0.6 is 10.1 Å². The topological polar surface area (TPSA) is 9.23 Å². The van der Waals surface area contributed by atoms with E-state index in [0.717, 1.165) is 5.75 Å². The van der Waals surface area contributed by atoms with Gasteiger partial charge >= 0.3 is 25.2 Å². The number of rotatable bonds is 1. The fraction of sp³-hybridized carbons (Fsp3) is 0.0909. The molecule has 0 heterocycles. The molecule has 0 aromatic heterocycles. The molecule has 73 valence electrons. The number of methoxy groups -OCH3 is 1. The maximum atomic E-state index is 5.11. The Morgan fingerprint density at radius 3 is 2.71 bits per heavy atom. The quantitative estimate of drug-likeness (QED) is 0.555. The molecule has 0 aliphatic carbocycles. The zero-order valence-corrected chi connectivity index (χ0v) is 9.56. The molecule has 0 aliphatic heterocycles. The van der Waals surface area contributed by atoms with Crippen molar-refractivity contribution in [3.8, 4) is 5.75 Å². The summed E-state index contributed by atoms with van der Waals surface area (Å²) in [5.41, 5.74) is 0. The summed E-state index contributed by atoms with van der Waals surface area (Å²) in [7, 11) is 6.13. The Balaban J connectivity index is 0.000000461. The molecule has 14 heavy (non-hydrogen) atoms. The van der Waals surface area contributed by atoms with Gasteiger partial charge in [-0.05, 0) is 12.1 Å². The molecule has 1 nitrogen and oxygen atoms in total. The van der Waals surface area contributed by atoms with Gasteiger partial charge in [0, 0.05) is 0 Å². The van der Waals surface area contributed by atoms with Crippen LogP contribution in [0, 0.1) is 6.07 Å². The van der Waals surface area contributed by atoms with E-state index in [1.807, 2.05) is 36.4 Å². The number of fused-ring (bicyclic) bond motifs is 1. The zero-order chi connectivity index (χ0) is 10.4. The average Bonchev–Trinajstić information content (AvgIpc) is 2.31. The number of benzene rings is 2. The van der Waals surface area contributed by atoms with Gasteiger partial charge in [0.2, 0.25) is 0 Å². The average molecular weight is 248 g/mol. The molecule has 0 unspecified atom stereocenters. The van der Waals surface area contributed by atoms with E-state index in [1.165, 1.54) is 10.8 Å². The van der Waals surface area contributed by atoms with Gasteiger partial charge in [0.05, 0.1) is 7.11 Å². The predicted molar refractivity (Wildman–Crippen MR) is 55.2 cm³/mol. The second kappa shape index (κ2) is 5.92. The third-order valence-corrected chi connectivity index (χ3v) is 1.89. The van der Waals surface area contributed by atoms with Crippen molar-refractivity contribution in [3.63, 3.8) is 0 Å². The molecule has 0 saturated heterocycles. The number of ether oxygens (including phenoxy) is 1. The van der Waals surface area contributed by atoms with Crippen molar-refractivity contribution >= 4 is 20.9 Å². The van der Waals surface area contributed by atoms with E-state index >= 15 is 0 Å². The molecular formula is C11H9ClMnO. The fourth-order valence-corrected chi connectivity index (χ4v) is 1.23. The van der Waals surface area contributed by atoms with Crippen molar-refractivity contribution in [2.45, 2.75) is 0 Å². The van der Waals surface area contributed by atoms with Crippen LogP contribution in [0.2, 0.25) is 0 Å². The molecule has 2 aromatic carbocycles. The summed E-state index contributed by atoms with van der Waals surface area (Å²) in [6, 6.07) is 14.9. The van der Waals surface area contributed by atoms with Crippen molar-refractivity contribution < 1.29 is 19.8 Å². The fourth-order valence-electron chi connectivity index (χ4n) is 1.23. The summed E-state index contributed by atoms with van der Waals surface area (Å²) in [4.78, 5) is 0. The number of halogens is 1. The Hall–Kier alpha value is -0.691. The van der Waals surface area contributed by atoms with E-state index in [9.17, 15) is 0 Å². The molecule has 0 aliphatic rings. The number of hydrogen-bond donors (Lipinski definition) is 0. The van der Waals surface area contributed by atoms with Gasteiger partial charge in [0.25, 0.3) is 0 Å². The van der Waals surface area contributed by atoms with Gasteiger partial charge in [-0.15, -0.1) is 16.8 Å². The van der Waals surface area contributed by atoms with Crippen LogP contribution in [0.15, 0.2) is 36.4 Å². The van der Waals surface area contributed by atoms with Crippen LogP contribution in [-0.2, 0) is 15.1 Å². The molecule has 2 aromatic rings. The Labute approximate surface area is 96.1 Å². The van der Waals surface area contributed by atoms with Crippen LogP contribution in [-0.4, -0.2) is 7.11 Å².